The molecule has 0 spiro atoms. The first-order valence-electron chi connectivity index (χ1n) is 9.22. The Kier molecular flexibility index (Phi) is 7.80. The highest BCUT2D eigenvalue weighted by atomic mass is 35.5. The zero-order chi connectivity index (χ0) is 22.7. The third kappa shape index (κ3) is 5.22. The molecule has 9 nitrogen and oxygen atoms in total. The molecule has 0 amide bonds. The van der Waals surface area contributed by atoms with Gasteiger partial charge in [-0.1, -0.05) is 42.2 Å². The number of imidazole rings is 3. The predicted molar refractivity (Wildman–Crippen MR) is 135 cm³/mol. The van der Waals surface area contributed by atoms with Crippen molar-refractivity contribution in [2.24, 2.45) is 14.1 Å². The molecule has 0 aromatic carbocycles. The fraction of sp³-hybridized carbons (Fsp3) is 0.143. The smallest absolute Gasteiger partial charge is 0.156 e. The van der Waals surface area contributed by atoms with Crippen LogP contribution < -0.4 is 0 Å². The molecule has 0 bridgehead atoms. The molecule has 1 N–H and O–H groups in total. The SMILES string of the molecule is C.Clc1nccc2[nH]cnc12.Cn1cnc2c(Cl)nccc21.Cn1cnc2ccnc(Cl)c21.[2HH]. The average Bonchev–Trinajstić information content (AvgIpc) is 3.50. The Labute approximate surface area is 205 Å². The molecule has 0 aliphatic rings. The van der Waals surface area contributed by atoms with Crippen LogP contribution in [0, 0.1) is 0 Å². The van der Waals surface area contributed by atoms with Crippen molar-refractivity contribution < 1.29 is 1.43 Å². The Hall–Kier alpha value is -3.27. The van der Waals surface area contributed by atoms with Crippen molar-refractivity contribution >= 4 is 67.9 Å². The molecule has 12 heteroatoms. The van der Waals surface area contributed by atoms with Crippen molar-refractivity contribution in [2.75, 3.05) is 0 Å². The van der Waals surface area contributed by atoms with E-state index in [9.17, 15) is 0 Å². The van der Waals surface area contributed by atoms with Gasteiger partial charge in [-0.2, -0.15) is 0 Å². The third-order valence-electron chi connectivity index (χ3n) is 4.47. The van der Waals surface area contributed by atoms with Crippen LogP contribution in [0.25, 0.3) is 33.1 Å². The van der Waals surface area contributed by atoms with Gasteiger partial charge >= 0.3 is 0 Å². The highest BCUT2D eigenvalue weighted by Crippen LogP contribution is 2.19. The summed E-state index contributed by atoms with van der Waals surface area (Å²) >= 11 is 17.3. The van der Waals surface area contributed by atoms with Gasteiger partial charge in [0.25, 0.3) is 0 Å². The lowest BCUT2D eigenvalue weighted by atomic mass is 10.4. The van der Waals surface area contributed by atoms with E-state index in [0.29, 0.717) is 15.5 Å². The number of halogens is 3. The van der Waals surface area contributed by atoms with Gasteiger partial charge in [-0.15, -0.1) is 0 Å². The number of hydrogen-bond donors (Lipinski definition) is 1. The minimum absolute atomic E-state index is 0. The van der Waals surface area contributed by atoms with Crippen LogP contribution in [0.1, 0.15) is 8.85 Å². The van der Waals surface area contributed by atoms with Gasteiger partial charge in [-0.05, 0) is 18.2 Å². The number of rotatable bonds is 0. The van der Waals surface area contributed by atoms with Crippen molar-refractivity contribution in [3.63, 3.8) is 0 Å². The van der Waals surface area contributed by atoms with Gasteiger partial charge < -0.3 is 14.1 Å². The van der Waals surface area contributed by atoms with E-state index in [2.05, 4.69) is 34.9 Å². The molecule has 0 fully saturated rings. The standard InChI is InChI=1S/2C7H6ClN3.C6H4ClN3.CH4.H2/c1-11-4-10-6-5(11)2-3-9-7(6)8;1-11-4-10-5-2-3-9-7(8)6(5)11;7-6-5-4(1-2-8-6)9-3-10-5;;/h2*2-4H,1H3;1-3H,(H,9,10);1H4;1H/i;;;;1+1. The van der Waals surface area contributed by atoms with Crippen LogP contribution >= 0.6 is 34.8 Å². The Morgan fingerprint density at radius 1 is 0.727 bits per heavy atom. The second kappa shape index (κ2) is 10.6. The molecule has 0 aliphatic carbocycles. The van der Waals surface area contributed by atoms with E-state index in [1.807, 2.05) is 41.4 Å². The topological polar surface area (TPSA) is 103 Å². The number of hydrogen-bond acceptors (Lipinski definition) is 6. The summed E-state index contributed by atoms with van der Waals surface area (Å²) in [6.07, 6.45) is 10.0. The lowest BCUT2D eigenvalue weighted by Crippen LogP contribution is -1.85. The van der Waals surface area contributed by atoms with Crippen molar-refractivity contribution in [3.8, 4) is 0 Å². The average molecular weight is 508 g/mol. The minimum Gasteiger partial charge on any atom is -0.344 e. The largest absolute Gasteiger partial charge is 0.344 e. The molecule has 6 heterocycles. The van der Waals surface area contributed by atoms with Gasteiger partial charge in [0, 0.05) is 34.1 Å². The Balaban J connectivity index is 0.000000175. The van der Waals surface area contributed by atoms with Crippen molar-refractivity contribution in [1.82, 2.24) is 44.0 Å². The van der Waals surface area contributed by atoms with Gasteiger partial charge in [0.15, 0.2) is 15.5 Å². The van der Waals surface area contributed by atoms with Crippen LogP contribution in [0.2, 0.25) is 15.5 Å². The van der Waals surface area contributed by atoms with Crippen LogP contribution in [0.5, 0.6) is 0 Å². The zero-order valence-corrected chi connectivity index (χ0v) is 19.2. The van der Waals surface area contributed by atoms with Gasteiger partial charge in [0.05, 0.1) is 35.5 Å². The molecule has 0 unspecified atom stereocenters. The lowest BCUT2D eigenvalue weighted by molar-refractivity contribution is 0.945. The van der Waals surface area contributed by atoms with Gasteiger partial charge in [-0.25, -0.2) is 29.9 Å². The quantitative estimate of drug-likeness (QED) is 0.263. The van der Waals surface area contributed by atoms with Gasteiger partial charge in [-0.3, -0.25) is 0 Å². The van der Waals surface area contributed by atoms with Crippen LogP contribution in [0.3, 0.4) is 0 Å². The van der Waals surface area contributed by atoms with E-state index < -0.39 is 0 Å². The molecule has 172 valence electrons. The number of aromatic nitrogens is 9. The maximum Gasteiger partial charge on any atom is 0.156 e. The van der Waals surface area contributed by atoms with Gasteiger partial charge in [0.2, 0.25) is 0 Å². The number of aryl methyl sites for hydroxylation is 2. The van der Waals surface area contributed by atoms with E-state index in [0.717, 1.165) is 33.1 Å². The first kappa shape index (κ1) is 24.4. The number of aromatic amines is 1. The summed E-state index contributed by atoms with van der Waals surface area (Å²) in [5.41, 5.74) is 5.17. The first-order chi connectivity index (χ1) is 15.5. The number of H-pyrrole nitrogens is 1. The first-order valence-corrected chi connectivity index (χ1v) is 10.4. The van der Waals surface area contributed by atoms with E-state index in [1.165, 1.54) is 0 Å². The molecule has 0 radical (unpaired) electrons. The molecule has 0 saturated heterocycles. The second-order valence-corrected chi connectivity index (χ2v) is 7.62. The maximum atomic E-state index is 5.83. The van der Waals surface area contributed by atoms with Crippen LogP contribution in [0.15, 0.2) is 55.8 Å². The number of nitrogens with one attached hydrogen (secondary N) is 1. The predicted octanol–water partition coefficient (Wildman–Crippen LogP) is 5.74. The summed E-state index contributed by atoms with van der Waals surface area (Å²) in [6.45, 7) is 0. The summed E-state index contributed by atoms with van der Waals surface area (Å²) in [7, 11) is 3.81. The summed E-state index contributed by atoms with van der Waals surface area (Å²) in [4.78, 5) is 26.8. The highest BCUT2D eigenvalue weighted by molar-refractivity contribution is 6.34. The number of pyridine rings is 3. The molecule has 0 aliphatic heterocycles. The van der Waals surface area contributed by atoms with E-state index >= 15 is 0 Å². The Bertz CT molecular complexity index is 1510. The van der Waals surface area contributed by atoms with E-state index in [-0.39, 0.29) is 8.85 Å². The van der Waals surface area contributed by atoms with Crippen molar-refractivity contribution in [1.29, 1.82) is 0 Å². The van der Waals surface area contributed by atoms with Gasteiger partial charge in [0.1, 0.15) is 16.6 Å². The summed E-state index contributed by atoms with van der Waals surface area (Å²) < 4.78 is 3.76. The monoisotopic (exact) mass is 506 g/mol. The number of nitrogens with zero attached hydrogens (tertiary/aromatic N) is 8. The van der Waals surface area contributed by atoms with E-state index in [1.54, 1.807) is 37.6 Å². The van der Waals surface area contributed by atoms with Crippen molar-refractivity contribution in [2.45, 2.75) is 7.43 Å². The Morgan fingerprint density at radius 3 is 2.06 bits per heavy atom. The van der Waals surface area contributed by atoms with Crippen LogP contribution in [-0.2, 0) is 14.1 Å². The molecule has 33 heavy (non-hydrogen) atoms. The molecule has 6 aromatic rings. The fourth-order valence-corrected chi connectivity index (χ4v) is 3.62. The molecule has 6 rings (SSSR count). The summed E-state index contributed by atoms with van der Waals surface area (Å²) in [5.74, 6) is 0. The molecule has 0 atom stereocenters. The van der Waals surface area contributed by atoms with Crippen LogP contribution in [0.4, 0.5) is 0 Å². The highest BCUT2D eigenvalue weighted by Gasteiger charge is 2.04. The molecule has 6 aromatic heterocycles. The summed E-state index contributed by atoms with van der Waals surface area (Å²) in [6, 6.07) is 5.55. The van der Waals surface area contributed by atoms with E-state index in [4.69, 9.17) is 34.8 Å². The molecular formula is C21H22Cl3N9. The lowest BCUT2D eigenvalue weighted by Gasteiger charge is -1.94. The normalized spacial score (nSPS) is 10.3. The maximum absolute atomic E-state index is 5.83. The minimum atomic E-state index is 0. The second-order valence-electron chi connectivity index (χ2n) is 6.55. The zero-order valence-electron chi connectivity index (χ0n) is 16.9. The number of fused-ring (bicyclic) bond motifs is 3. The van der Waals surface area contributed by atoms with Crippen LogP contribution in [-0.4, -0.2) is 44.0 Å². The summed E-state index contributed by atoms with van der Waals surface area (Å²) in [5, 5.41) is 1.41. The molecular weight excluding hydrogens is 485 g/mol. The Morgan fingerprint density at radius 2 is 1.36 bits per heavy atom. The molecule has 0 saturated carbocycles. The third-order valence-corrected chi connectivity index (χ3v) is 5.30. The van der Waals surface area contributed by atoms with Crippen molar-refractivity contribution in [3.05, 3.63) is 71.2 Å². The fourth-order valence-electron chi connectivity index (χ4n) is 2.92.